The summed E-state index contributed by atoms with van der Waals surface area (Å²) in [5, 5.41) is 4.88. The van der Waals surface area contributed by atoms with Gasteiger partial charge in [0.15, 0.2) is 0 Å². The Bertz CT molecular complexity index is 841. The fraction of sp³-hybridized carbons (Fsp3) is 0.368. The van der Waals surface area contributed by atoms with E-state index >= 15 is 0 Å². The first-order valence-corrected chi connectivity index (χ1v) is 9.40. The molecule has 0 saturated carbocycles. The summed E-state index contributed by atoms with van der Waals surface area (Å²) in [5.74, 6) is 1.00. The normalized spacial score (nSPS) is 15.0. The lowest BCUT2D eigenvalue weighted by molar-refractivity contribution is -0.890. The summed E-state index contributed by atoms with van der Waals surface area (Å²) in [7, 11) is 4.41. The summed E-state index contributed by atoms with van der Waals surface area (Å²) in [5.41, 5.74) is 2.83. The Morgan fingerprint density at radius 1 is 1.17 bits per heavy atom. The molecule has 0 unspecified atom stereocenters. The van der Waals surface area contributed by atoms with Gasteiger partial charge in [-0.05, 0) is 24.8 Å². The molecule has 2 N–H and O–H groups in total. The average molecular weight is 339 g/mol. The summed E-state index contributed by atoms with van der Waals surface area (Å²) in [6.45, 7) is 0.864. The summed E-state index contributed by atoms with van der Waals surface area (Å²) in [6, 6.07) is 11.1. The molecule has 124 valence electrons. The Balaban J connectivity index is 1.62. The number of hydrogen-bond donors (Lipinski definition) is 2. The van der Waals surface area contributed by atoms with Crippen molar-refractivity contribution in [2.75, 3.05) is 26.0 Å². The number of hydrogen-bond acceptors (Lipinski definition) is 4. The number of likely N-dealkylation sites (N-methyl/N-ethyl adjacent to an activating group) is 1. The molecule has 0 aliphatic heterocycles. The second-order valence-corrected chi connectivity index (χ2v) is 7.76. The maximum atomic E-state index is 4.56. The summed E-state index contributed by atoms with van der Waals surface area (Å²) >= 11 is 1.84. The number of nitrogens with one attached hydrogen (secondary N) is 2. The Morgan fingerprint density at radius 3 is 2.79 bits per heavy atom. The molecule has 0 spiro atoms. The minimum Gasteiger partial charge on any atom is -0.363 e. The maximum absolute atomic E-state index is 4.56. The zero-order valence-corrected chi connectivity index (χ0v) is 15.0. The predicted molar refractivity (Wildman–Crippen MR) is 99.9 cm³/mol. The maximum Gasteiger partial charge on any atom is 0.138 e. The van der Waals surface area contributed by atoms with Crippen LogP contribution >= 0.6 is 11.3 Å². The van der Waals surface area contributed by atoms with E-state index in [1.54, 1.807) is 6.33 Å². The van der Waals surface area contributed by atoms with Crippen molar-refractivity contribution in [3.63, 3.8) is 0 Å². The number of rotatable bonds is 5. The fourth-order valence-electron chi connectivity index (χ4n) is 3.60. The van der Waals surface area contributed by atoms with Crippen LogP contribution in [0.1, 0.15) is 28.5 Å². The molecule has 0 amide bonds. The highest BCUT2D eigenvalue weighted by Crippen LogP contribution is 2.39. The van der Waals surface area contributed by atoms with Gasteiger partial charge in [0, 0.05) is 10.4 Å². The van der Waals surface area contributed by atoms with Gasteiger partial charge >= 0.3 is 0 Å². The van der Waals surface area contributed by atoms with Crippen molar-refractivity contribution in [1.29, 1.82) is 0 Å². The van der Waals surface area contributed by atoms with E-state index in [0.717, 1.165) is 17.2 Å². The third kappa shape index (κ3) is 2.78. The Morgan fingerprint density at radius 2 is 2.00 bits per heavy atom. The minimum atomic E-state index is 0.392. The third-order valence-corrected chi connectivity index (χ3v) is 6.07. The standard InChI is InChI=1S/C19H22N4S/c1-23(2)15(13-7-4-3-5-8-13)11-20-18-17-14-9-6-10-16(14)24-19(17)22-12-21-18/h3-5,7-8,12,15H,6,9-11H2,1-2H3,(H,20,21,22)/p+1/t15-/m0/s1. The van der Waals surface area contributed by atoms with Crippen LogP contribution in [0.4, 0.5) is 5.82 Å². The zero-order valence-electron chi connectivity index (χ0n) is 14.2. The van der Waals surface area contributed by atoms with Gasteiger partial charge in [-0.15, -0.1) is 11.3 Å². The third-order valence-electron chi connectivity index (χ3n) is 4.87. The van der Waals surface area contributed by atoms with Gasteiger partial charge in [0.1, 0.15) is 23.0 Å². The molecule has 2 heterocycles. The molecule has 0 saturated heterocycles. The van der Waals surface area contributed by atoms with Gasteiger partial charge in [-0.3, -0.25) is 0 Å². The van der Waals surface area contributed by atoms with Crippen LogP contribution in [0.3, 0.4) is 0 Å². The molecule has 1 aromatic carbocycles. The first kappa shape index (κ1) is 15.5. The van der Waals surface area contributed by atoms with Crippen molar-refractivity contribution in [3.8, 4) is 0 Å². The number of aryl methyl sites for hydroxylation is 2. The van der Waals surface area contributed by atoms with Crippen LogP contribution in [-0.2, 0) is 12.8 Å². The van der Waals surface area contributed by atoms with E-state index < -0.39 is 0 Å². The smallest absolute Gasteiger partial charge is 0.138 e. The van der Waals surface area contributed by atoms with Gasteiger partial charge < -0.3 is 10.2 Å². The van der Waals surface area contributed by atoms with Crippen LogP contribution in [0, 0.1) is 0 Å². The van der Waals surface area contributed by atoms with E-state index in [1.807, 2.05) is 11.3 Å². The number of quaternary nitrogens is 1. The van der Waals surface area contributed by atoms with Crippen LogP contribution in [0.15, 0.2) is 36.7 Å². The van der Waals surface area contributed by atoms with E-state index in [4.69, 9.17) is 0 Å². The van der Waals surface area contributed by atoms with E-state index in [2.05, 4.69) is 59.7 Å². The van der Waals surface area contributed by atoms with Crippen LogP contribution in [0.2, 0.25) is 0 Å². The predicted octanol–water partition coefficient (Wildman–Crippen LogP) is 2.48. The van der Waals surface area contributed by atoms with Gasteiger partial charge in [0.05, 0.1) is 26.0 Å². The molecule has 0 radical (unpaired) electrons. The molecule has 1 aliphatic rings. The fourth-order valence-corrected chi connectivity index (χ4v) is 4.83. The van der Waals surface area contributed by atoms with Gasteiger partial charge in [-0.2, -0.15) is 0 Å². The lowest BCUT2D eigenvalue weighted by Gasteiger charge is -2.22. The highest BCUT2D eigenvalue weighted by Gasteiger charge is 2.23. The number of benzene rings is 1. The Hall–Kier alpha value is -1.98. The molecule has 24 heavy (non-hydrogen) atoms. The monoisotopic (exact) mass is 339 g/mol. The molecular weight excluding hydrogens is 316 g/mol. The van der Waals surface area contributed by atoms with E-state index in [9.17, 15) is 0 Å². The molecule has 5 heteroatoms. The molecule has 0 bridgehead atoms. The number of nitrogens with zero attached hydrogens (tertiary/aromatic N) is 2. The second-order valence-electron chi connectivity index (χ2n) is 6.68. The quantitative estimate of drug-likeness (QED) is 0.750. The molecule has 4 nitrogen and oxygen atoms in total. The molecule has 3 aromatic rings. The van der Waals surface area contributed by atoms with Crippen molar-refractivity contribution in [3.05, 3.63) is 52.7 Å². The Labute approximate surface area is 146 Å². The lowest BCUT2D eigenvalue weighted by Crippen LogP contribution is -3.06. The van der Waals surface area contributed by atoms with Crippen molar-refractivity contribution < 1.29 is 4.90 Å². The summed E-state index contributed by atoms with van der Waals surface area (Å²) in [6.07, 6.45) is 5.32. The highest BCUT2D eigenvalue weighted by atomic mass is 32.1. The van der Waals surface area contributed by atoms with Crippen molar-refractivity contribution in [2.45, 2.75) is 25.3 Å². The lowest BCUT2D eigenvalue weighted by atomic mass is 10.1. The van der Waals surface area contributed by atoms with Crippen LogP contribution in [0.5, 0.6) is 0 Å². The van der Waals surface area contributed by atoms with Crippen LogP contribution in [-0.4, -0.2) is 30.6 Å². The van der Waals surface area contributed by atoms with Crippen molar-refractivity contribution >= 4 is 27.4 Å². The number of aromatic nitrogens is 2. The molecule has 1 atom stereocenters. The molecule has 4 rings (SSSR count). The molecule has 0 fully saturated rings. The van der Waals surface area contributed by atoms with Gasteiger partial charge in [-0.25, -0.2) is 9.97 Å². The van der Waals surface area contributed by atoms with Crippen molar-refractivity contribution in [1.82, 2.24) is 9.97 Å². The largest absolute Gasteiger partial charge is 0.363 e. The van der Waals surface area contributed by atoms with E-state index in [-0.39, 0.29) is 0 Å². The molecule has 2 aromatic heterocycles. The van der Waals surface area contributed by atoms with Gasteiger partial charge in [0.2, 0.25) is 0 Å². The SMILES string of the molecule is C[NH+](C)[C@@H](CNc1ncnc2sc3c(c12)CCC3)c1ccccc1. The zero-order chi connectivity index (χ0) is 16.5. The summed E-state index contributed by atoms with van der Waals surface area (Å²) in [4.78, 5) is 13.1. The first-order valence-electron chi connectivity index (χ1n) is 8.58. The highest BCUT2D eigenvalue weighted by molar-refractivity contribution is 7.19. The van der Waals surface area contributed by atoms with Crippen LogP contribution in [0.25, 0.3) is 10.2 Å². The topological polar surface area (TPSA) is 42.2 Å². The number of anilines is 1. The molecule has 1 aliphatic carbocycles. The molecular formula is C19H23N4S+. The Kier molecular flexibility index (Phi) is 4.21. The second kappa shape index (κ2) is 6.49. The van der Waals surface area contributed by atoms with Gasteiger partial charge in [-0.1, -0.05) is 30.3 Å². The summed E-state index contributed by atoms with van der Waals surface area (Å²) < 4.78 is 0. The first-order chi connectivity index (χ1) is 11.7. The van der Waals surface area contributed by atoms with Gasteiger partial charge in [0.25, 0.3) is 0 Å². The van der Waals surface area contributed by atoms with E-state index in [0.29, 0.717) is 6.04 Å². The minimum absolute atomic E-state index is 0.392. The van der Waals surface area contributed by atoms with Crippen molar-refractivity contribution in [2.24, 2.45) is 0 Å². The van der Waals surface area contributed by atoms with E-state index in [1.165, 1.54) is 45.6 Å². The average Bonchev–Trinajstić information content (AvgIpc) is 3.16. The number of thiophene rings is 1. The number of fused-ring (bicyclic) bond motifs is 3. The van der Waals surface area contributed by atoms with Crippen LogP contribution < -0.4 is 10.2 Å².